The molecule has 7 heteroatoms. The Hall–Kier alpha value is -1.57. The van der Waals surface area contributed by atoms with Crippen molar-refractivity contribution in [1.82, 2.24) is 0 Å². The molecule has 21 heavy (non-hydrogen) atoms. The molecule has 0 saturated heterocycles. The van der Waals surface area contributed by atoms with Gasteiger partial charge < -0.3 is 10.5 Å². The number of benzene rings is 1. The first kappa shape index (κ1) is 15.8. The molecule has 1 aromatic heterocycles. The van der Waals surface area contributed by atoms with Crippen LogP contribution in [-0.4, -0.2) is 21.6 Å². The highest BCUT2D eigenvalue weighted by molar-refractivity contribution is 7.94. The fourth-order valence-electron chi connectivity index (χ4n) is 1.77. The second kappa shape index (κ2) is 6.93. The van der Waals surface area contributed by atoms with Crippen LogP contribution in [0.3, 0.4) is 0 Å². The van der Waals surface area contributed by atoms with E-state index in [2.05, 4.69) is 4.72 Å². The lowest BCUT2D eigenvalue weighted by Crippen LogP contribution is -2.11. The second-order valence-electron chi connectivity index (χ2n) is 4.32. The Morgan fingerprint density at radius 1 is 1.19 bits per heavy atom. The van der Waals surface area contributed by atoms with Crippen LogP contribution in [0.1, 0.15) is 11.8 Å². The molecule has 0 fully saturated rings. The standard InChI is InChI=1S/C14H18N2O3S2/c1-2-19-12-5-3-11(4-6-12)16-21(17,18)14-8-7-13(20-14)9-10-15/h3-8,16H,2,9-10,15H2,1H3. The molecule has 5 nitrogen and oxygen atoms in total. The minimum absolute atomic E-state index is 0.292. The van der Waals surface area contributed by atoms with Crippen molar-refractivity contribution in [2.75, 3.05) is 17.9 Å². The highest BCUT2D eigenvalue weighted by Gasteiger charge is 2.16. The van der Waals surface area contributed by atoms with E-state index >= 15 is 0 Å². The van der Waals surface area contributed by atoms with Crippen LogP contribution in [0.5, 0.6) is 5.75 Å². The van der Waals surface area contributed by atoms with Gasteiger partial charge in [0, 0.05) is 10.6 Å². The first-order valence-electron chi connectivity index (χ1n) is 6.59. The normalized spacial score (nSPS) is 11.3. The fourth-order valence-corrected chi connectivity index (χ4v) is 4.20. The minimum atomic E-state index is -3.55. The van der Waals surface area contributed by atoms with Crippen molar-refractivity contribution in [2.45, 2.75) is 17.6 Å². The van der Waals surface area contributed by atoms with E-state index in [1.54, 1.807) is 36.4 Å². The summed E-state index contributed by atoms with van der Waals surface area (Å²) in [7, 11) is -3.55. The highest BCUT2D eigenvalue weighted by Crippen LogP contribution is 2.25. The van der Waals surface area contributed by atoms with Gasteiger partial charge in [-0.15, -0.1) is 11.3 Å². The summed E-state index contributed by atoms with van der Waals surface area (Å²) in [6, 6.07) is 10.2. The van der Waals surface area contributed by atoms with Gasteiger partial charge in [0.1, 0.15) is 9.96 Å². The summed E-state index contributed by atoms with van der Waals surface area (Å²) in [6.07, 6.45) is 0.684. The molecule has 1 heterocycles. The zero-order valence-electron chi connectivity index (χ0n) is 11.7. The van der Waals surface area contributed by atoms with E-state index < -0.39 is 10.0 Å². The smallest absolute Gasteiger partial charge is 0.271 e. The van der Waals surface area contributed by atoms with Gasteiger partial charge in [-0.2, -0.15) is 0 Å². The van der Waals surface area contributed by atoms with Crippen molar-refractivity contribution in [3.8, 4) is 5.75 Å². The third kappa shape index (κ3) is 4.20. The number of anilines is 1. The van der Waals surface area contributed by atoms with Gasteiger partial charge in [-0.3, -0.25) is 4.72 Å². The number of ether oxygens (including phenoxy) is 1. The van der Waals surface area contributed by atoms with E-state index in [1.807, 2.05) is 6.92 Å². The van der Waals surface area contributed by atoms with E-state index in [0.717, 1.165) is 4.88 Å². The molecule has 0 atom stereocenters. The lowest BCUT2D eigenvalue weighted by atomic mass is 10.3. The van der Waals surface area contributed by atoms with Crippen LogP contribution < -0.4 is 15.2 Å². The van der Waals surface area contributed by atoms with Gasteiger partial charge in [-0.25, -0.2) is 8.42 Å². The lowest BCUT2D eigenvalue weighted by molar-refractivity contribution is 0.340. The number of hydrogen-bond donors (Lipinski definition) is 2. The van der Waals surface area contributed by atoms with Crippen molar-refractivity contribution >= 4 is 27.0 Å². The van der Waals surface area contributed by atoms with Gasteiger partial charge in [0.15, 0.2) is 0 Å². The molecule has 114 valence electrons. The number of nitrogens with two attached hydrogens (primary N) is 1. The van der Waals surface area contributed by atoms with Gasteiger partial charge in [0.25, 0.3) is 10.0 Å². The van der Waals surface area contributed by atoms with E-state index in [-0.39, 0.29) is 0 Å². The van der Waals surface area contributed by atoms with Crippen molar-refractivity contribution in [3.05, 3.63) is 41.3 Å². The summed E-state index contributed by atoms with van der Waals surface area (Å²) in [5, 5.41) is 0. The molecule has 0 aliphatic heterocycles. The van der Waals surface area contributed by atoms with Gasteiger partial charge in [-0.05, 0) is 56.3 Å². The Morgan fingerprint density at radius 3 is 2.52 bits per heavy atom. The average molecular weight is 326 g/mol. The molecule has 1 aromatic carbocycles. The zero-order valence-corrected chi connectivity index (χ0v) is 13.3. The predicted octanol–water partition coefficient (Wildman–Crippen LogP) is 2.45. The first-order chi connectivity index (χ1) is 10.0. The van der Waals surface area contributed by atoms with Crippen LogP contribution >= 0.6 is 11.3 Å². The van der Waals surface area contributed by atoms with Gasteiger partial charge in [0.05, 0.1) is 6.61 Å². The van der Waals surface area contributed by atoms with Crippen LogP contribution in [-0.2, 0) is 16.4 Å². The molecule has 0 radical (unpaired) electrons. The van der Waals surface area contributed by atoms with E-state index in [4.69, 9.17) is 10.5 Å². The van der Waals surface area contributed by atoms with Gasteiger partial charge in [-0.1, -0.05) is 0 Å². The predicted molar refractivity (Wildman–Crippen MR) is 85.5 cm³/mol. The molecule has 3 N–H and O–H groups in total. The number of sulfonamides is 1. The summed E-state index contributed by atoms with van der Waals surface area (Å²) in [5.41, 5.74) is 5.98. The maximum Gasteiger partial charge on any atom is 0.271 e. The van der Waals surface area contributed by atoms with E-state index in [0.29, 0.717) is 35.2 Å². The Kier molecular flexibility index (Phi) is 5.22. The lowest BCUT2D eigenvalue weighted by Gasteiger charge is -2.07. The van der Waals surface area contributed by atoms with Crippen LogP contribution in [0.2, 0.25) is 0 Å². The Labute approximate surface area is 128 Å². The summed E-state index contributed by atoms with van der Waals surface area (Å²) in [4.78, 5) is 0.963. The molecule has 0 bridgehead atoms. The topological polar surface area (TPSA) is 81.4 Å². The van der Waals surface area contributed by atoms with Crippen LogP contribution in [0, 0.1) is 0 Å². The van der Waals surface area contributed by atoms with Crippen LogP contribution in [0.25, 0.3) is 0 Å². The molecule has 0 amide bonds. The molecule has 2 aromatic rings. The second-order valence-corrected chi connectivity index (χ2v) is 7.40. The van der Waals surface area contributed by atoms with E-state index in [9.17, 15) is 8.42 Å². The molecular weight excluding hydrogens is 308 g/mol. The molecule has 0 aliphatic rings. The SMILES string of the molecule is CCOc1ccc(NS(=O)(=O)c2ccc(CCN)s2)cc1. The third-order valence-electron chi connectivity index (χ3n) is 2.71. The fraction of sp³-hybridized carbons (Fsp3) is 0.286. The average Bonchev–Trinajstić information content (AvgIpc) is 2.91. The quantitative estimate of drug-likeness (QED) is 0.819. The van der Waals surface area contributed by atoms with E-state index in [1.165, 1.54) is 11.3 Å². The molecular formula is C14H18N2O3S2. The first-order valence-corrected chi connectivity index (χ1v) is 8.89. The minimum Gasteiger partial charge on any atom is -0.494 e. The number of nitrogens with one attached hydrogen (secondary N) is 1. The maximum atomic E-state index is 12.3. The van der Waals surface area contributed by atoms with Gasteiger partial charge >= 0.3 is 0 Å². The van der Waals surface area contributed by atoms with Crippen molar-refractivity contribution in [1.29, 1.82) is 0 Å². The molecule has 0 unspecified atom stereocenters. The van der Waals surface area contributed by atoms with Gasteiger partial charge in [0.2, 0.25) is 0 Å². The summed E-state index contributed by atoms with van der Waals surface area (Å²) in [6.45, 7) is 2.98. The van der Waals surface area contributed by atoms with Crippen LogP contribution in [0.4, 0.5) is 5.69 Å². The maximum absolute atomic E-state index is 12.3. The Bertz CT molecular complexity index is 678. The Morgan fingerprint density at radius 2 is 1.90 bits per heavy atom. The zero-order chi connectivity index (χ0) is 15.3. The van der Waals surface area contributed by atoms with Crippen LogP contribution in [0.15, 0.2) is 40.6 Å². The number of thiophene rings is 1. The molecule has 0 spiro atoms. The summed E-state index contributed by atoms with van der Waals surface area (Å²) in [5.74, 6) is 0.710. The Balaban J connectivity index is 2.12. The summed E-state index contributed by atoms with van der Waals surface area (Å²) < 4.78 is 32.7. The molecule has 2 rings (SSSR count). The monoisotopic (exact) mass is 326 g/mol. The highest BCUT2D eigenvalue weighted by atomic mass is 32.2. The third-order valence-corrected chi connectivity index (χ3v) is 5.73. The molecule has 0 saturated carbocycles. The summed E-state index contributed by atoms with van der Waals surface area (Å²) >= 11 is 1.24. The van der Waals surface area contributed by atoms with Crippen molar-refractivity contribution in [3.63, 3.8) is 0 Å². The van der Waals surface area contributed by atoms with Crippen molar-refractivity contribution in [2.24, 2.45) is 5.73 Å². The van der Waals surface area contributed by atoms with Crippen molar-refractivity contribution < 1.29 is 13.2 Å². The molecule has 0 aliphatic carbocycles. The number of rotatable bonds is 7. The number of hydrogen-bond acceptors (Lipinski definition) is 5. The largest absolute Gasteiger partial charge is 0.494 e.